The van der Waals surface area contributed by atoms with Crippen LogP contribution in [0.5, 0.6) is 0 Å². The van der Waals surface area contributed by atoms with E-state index in [2.05, 4.69) is 20.3 Å². The van der Waals surface area contributed by atoms with Gasteiger partial charge in [-0.1, -0.05) is 109 Å². The molecular weight excluding hydrogens is 552 g/mol. The molecule has 7 rings (SSSR count). The minimum absolute atomic E-state index is 0.0260. The van der Waals surface area contributed by atoms with Gasteiger partial charge in [-0.25, -0.2) is 14.8 Å². The zero-order valence-electron chi connectivity index (χ0n) is 23.5. The smallest absolute Gasteiger partial charge is 0.327 e. The van der Waals surface area contributed by atoms with E-state index in [4.69, 9.17) is 0 Å². The minimum Gasteiger partial charge on any atom is -0.330 e. The molecule has 1 aliphatic rings. The molecule has 2 N–H and O–H groups in total. The number of imidazole rings is 2. The summed E-state index contributed by atoms with van der Waals surface area (Å²) in [5.74, 6) is 1.07. The molecule has 214 valence electrons. The zero-order chi connectivity index (χ0) is 30.0. The van der Waals surface area contributed by atoms with Gasteiger partial charge in [0.25, 0.3) is 0 Å². The predicted molar refractivity (Wildman–Crippen MR) is 169 cm³/mol. The molecule has 2 aromatic heterocycles. The molecule has 9 heteroatoms. The first kappa shape index (κ1) is 26.8. The summed E-state index contributed by atoms with van der Waals surface area (Å²) in [7, 11) is 0. The summed E-state index contributed by atoms with van der Waals surface area (Å²) < 4.78 is 3.49. The lowest BCUT2D eigenvalue weighted by Gasteiger charge is -2.08. The van der Waals surface area contributed by atoms with Gasteiger partial charge < -0.3 is 14.9 Å². The first-order chi connectivity index (χ1) is 21.5. The predicted octanol–water partition coefficient (Wildman–Crippen LogP) is 5.68. The topological polar surface area (TPSA) is 114 Å². The maximum atomic E-state index is 13.1. The fraction of sp³-hybridized carbons (Fsp3) is 0.0571. The number of nitrogens with zero attached hydrogens (tertiary/aromatic N) is 4. The van der Waals surface area contributed by atoms with Crippen LogP contribution in [0.15, 0.2) is 125 Å². The minimum atomic E-state index is -0.290. The van der Waals surface area contributed by atoms with Crippen molar-refractivity contribution in [1.82, 2.24) is 19.1 Å². The Morgan fingerprint density at radius 1 is 0.659 bits per heavy atom. The average molecular weight is 579 g/mol. The van der Waals surface area contributed by atoms with E-state index in [0.29, 0.717) is 51.8 Å². The Balaban J connectivity index is 1.10. The number of ketones is 2. The number of anilines is 1. The molecule has 0 unspecified atom stereocenters. The number of carbonyl (C=O) groups excluding carboxylic acids is 2. The Morgan fingerprint density at radius 3 is 1.75 bits per heavy atom. The highest BCUT2D eigenvalue weighted by Crippen LogP contribution is 2.34. The van der Waals surface area contributed by atoms with Crippen molar-refractivity contribution < 1.29 is 9.59 Å². The largest absolute Gasteiger partial charge is 0.330 e. The maximum absolute atomic E-state index is 13.1. The molecule has 0 bridgehead atoms. The molecule has 0 amide bonds. The summed E-state index contributed by atoms with van der Waals surface area (Å²) in [4.78, 5) is 50.8. The van der Waals surface area contributed by atoms with Gasteiger partial charge in [-0.15, -0.1) is 0 Å². The van der Waals surface area contributed by atoms with Gasteiger partial charge in [-0.2, -0.15) is 0 Å². The van der Waals surface area contributed by atoms with E-state index in [9.17, 15) is 14.4 Å². The van der Waals surface area contributed by atoms with Crippen LogP contribution < -0.4 is 11.0 Å². The van der Waals surface area contributed by atoms with E-state index >= 15 is 0 Å². The molecule has 0 atom stereocenters. The van der Waals surface area contributed by atoms with E-state index in [1.54, 1.807) is 53.6 Å². The molecule has 0 aliphatic carbocycles. The molecule has 4 aromatic carbocycles. The highest BCUT2D eigenvalue weighted by molar-refractivity contribution is 6.09. The van der Waals surface area contributed by atoms with Gasteiger partial charge in [-0.05, 0) is 11.1 Å². The molecule has 9 nitrogen and oxygen atoms in total. The van der Waals surface area contributed by atoms with Crippen molar-refractivity contribution in [3.05, 3.63) is 159 Å². The van der Waals surface area contributed by atoms with Crippen LogP contribution in [0.1, 0.15) is 43.0 Å². The number of aliphatic imine (C=N–C) groups is 1. The van der Waals surface area contributed by atoms with Gasteiger partial charge in [0, 0.05) is 22.3 Å². The highest BCUT2D eigenvalue weighted by atomic mass is 16.1. The van der Waals surface area contributed by atoms with Gasteiger partial charge in [0.2, 0.25) is 0 Å². The van der Waals surface area contributed by atoms with Crippen molar-refractivity contribution in [1.29, 1.82) is 0 Å². The van der Waals surface area contributed by atoms with Crippen LogP contribution in [0.2, 0.25) is 0 Å². The van der Waals surface area contributed by atoms with E-state index < -0.39 is 0 Å². The lowest BCUT2D eigenvalue weighted by molar-refractivity contribution is 0.103. The van der Waals surface area contributed by atoms with Crippen LogP contribution in [-0.2, 0) is 13.1 Å². The highest BCUT2D eigenvalue weighted by Gasteiger charge is 2.24. The van der Waals surface area contributed by atoms with E-state index in [1.807, 2.05) is 77.4 Å². The summed E-state index contributed by atoms with van der Waals surface area (Å²) in [6.45, 7) is 0.767. The number of hydrogen-bond acceptors (Lipinski definition) is 6. The number of fused-ring (bicyclic) bond motifs is 3. The molecule has 0 spiro atoms. The van der Waals surface area contributed by atoms with E-state index in [-0.39, 0.29) is 23.8 Å². The number of aromatic amines is 1. The monoisotopic (exact) mass is 578 g/mol. The molecule has 0 fully saturated rings. The van der Waals surface area contributed by atoms with Crippen LogP contribution >= 0.6 is 0 Å². The third-order valence-electron chi connectivity index (χ3n) is 7.62. The molecule has 44 heavy (non-hydrogen) atoms. The Kier molecular flexibility index (Phi) is 6.88. The SMILES string of the molecule is O=C(c1ccccc1)c1ccc(Cn2cnc3c2N=CNc2c-3[nH]c(=O)n2Cc2ccc(C(=O)c3ccccc3)cc2)cc1. The van der Waals surface area contributed by atoms with E-state index in [1.165, 1.54) is 0 Å². The normalized spacial score (nSPS) is 11.7. The van der Waals surface area contributed by atoms with Gasteiger partial charge >= 0.3 is 5.69 Å². The van der Waals surface area contributed by atoms with Crippen molar-refractivity contribution in [3.63, 3.8) is 0 Å². The number of H-pyrrole nitrogens is 1. The van der Waals surface area contributed by atoms with Crippen molar-refractivity contribution in [2.24, 2.45) is 4.99 Å². The lowest BCUT2D eigenvalue weighted by Crippen LogP contribution is -2.19. The van der Waals surface area contributed by atoms with Crippen molar-refractivity contribution in [3.8, 4) is 11.4 Å². The first-order valence-electron chi connectivity index (χ1n) is 14.1. The lowest BCUT2D eigenvalue weighted by atomic mass is 10.0. The van der Waals surface area contributed by atoms with Crippen LogP contribution in [0.3, 0.4) is 0 Å². The molecule has 3 heterocycles. The summed E-state index contributed by atoms with van der Waals surface area (Å²) in [6, 6.07) is 33.1. The number of aromatic nitrogens is 4. The van der Waals surface area contributed by atoms with Gasteiger partial charge in [0.1, 0.15) is 17.2 Å². The third-order valence-corrected chi connectivity index (χ3v) is 7.62. The van der Waals surface area contributed by atoms with Crippen LogP contribution in [-0.4, -0.2) is 37.0 Å². The Labute approximate surface area is 252 Å². The van der Waals surface area contributed by atoms with Gasteiger partial charge in [-0.3, -0.25) is 14.2 Å². The van der Waals surface area contributed by atoms with E-state index in [0.717, 1.165) is 11.1 Å². The van der Waals surface area contributed by atoms with Crippen LogP contribution in [0.25, 0.3) is 11.4 Å². The van der Waals surface area contributed by atoms with Crippen LogP contribution in [0, 0.1) is 0 Å². The number of rotatable bonds is 8. The summed E-state index contributed by atoms with van der Waals surface area (Å²) in [5.41, 5.74) is 5.12. The summed E-state index contributed by atoms with van der Waals surface area (Å²) >= 11 is 0. The van der Waals surface area contributed by atoms with Crippen molar-refractivity contribution in [2.45, 2.75) is 13.1 Å². The fourth-order valence-corrected chi connectivity index (χ4v) is 5.31. The van der Waals surface area contributed by atoms with Gasteiger partial charge in [0.15, 0.2) is 17.4 Å². The zero-order valence-corrected chi connectivity index (χ0v) is 23.5. The van der Waals surface area contributed by atoms with Crippen LogP contribution in [0.4, 0.5) is 11.6 Å². The van der Waals surface area contributed by atoms with Crippen molar-refractivity contribution >= 4 is 29.5 Å². The second kappa shape index (κ2) is 11.3. The van der Waals surface area contributed by atoms with Gasteiger partial charge in [0.05, 0.1) is 25.8 Å². The second-order valence-corrected chi connectivity index (χ2v) is 10.5. The maximum Gasteiger partial charge on any atom is 0.327 e. The quantitative estimate of drug-likeness (QED) is 0.226. The number of nitrogens with one attached hydrogen (secondary N) is 2. The summed E-state index contributed by atoms with van der Waals surface area (Å²) in [6.07, 6.45) is 3.24. The Morgan fingerprint density at radius 2 is 1.18 bits per heavy atom. The number of carbonyl (C=O) groups is 2. The first-order valence-corrected chi connectivity index (χ1v) is 14.1. The summed E-state index contributed by atoms with van der Waals surface area (Å²) in [5, 5.41) is 3.14. The third kappa shape index (κ3) is 5.07. The number of benzene rings is 4. The molecule has 6 aromatic rings. The standard InChI is InChI=1S/C35H26N6O3/c42-31(25-7-3-1-4-8-25)27-15-11-23(12-16-27)19-40-22-38-29-30-34(37-21-36-33(29)40)41(35(44)39-30)20-24-13-17-28(18-14-24)32(43)26-9-5-2-6-10-26/h1-18,21-22H,19-20H2,(H,36,37)(H,39,44). The number of hydrogen-bond donors (Lipinski definition) is 2. The molecular formula is C35H26N6O3. The molecule has 0 radical (unpaired) electrons. The Hall–Kier alpha value is -6.09. The van der Waals surface area contributed by atoms with Crippen molar-refractivity contribution in [2.75, 3.05) is 5.32 Å². The Bertz CT molecular complexity index is 2070. The fourth-order valence-electron chi connectivity index (χ4n) is 5.31. The molecule has 1 aliphatic heterocycles. The average Bonchev–Trinajstić information content (AvgIpc) is 3.55. The second-order valence-electron chi connectivity index (χ2n) is 10.5. The molecule has 0 saturated carbocycles. The molecule has 0 saturated heterocycles.